The molecule has 0 spiro atoms. The normalized spacial score (nSPS) is 19.0. The van der Waals surface area contributed by atoms with E-state index < -0.39 is 22.6 Å². The largest absolute Gasteiger partial charge is 0.401 e. The molecule has 158 valence electrons. The number of rotatable bonds is 7. The van der Waals surface area contributed by atoms with Crippen LogP contribution in [-0.2, 0) is 16.3 Å². The fourth-order valence-corrected chi connectivity index (χ4v) is 3.80. The van der Waals surface area contributed by atoms with E-state index in [-0.39, 0.29) is 10.8 Å². The molecule has 2 rings (SSSR count). The second-order valence-electron chi connectivity index (χ2n) is 7.05. The molecular formula is C18H27F3N4O2S. The van der Waals surface area contributed by atoms with Gasteiger partial charge in [-0.1, -0.05) is 12.1 Å². The van der Waals surface area contributed by atoms with E-state index in [0.717, 1.165) is 12.0 Å². The average Bonchev–Trinajstić information content (AvgIpc) is 3.03. The molecule has 0 bridgehead atoms. The van der Waals surface area contributed by atoms with Crippen LogP contribution in [0.3, 0.4) is 0 Å². The minimum absolute atomic E-state index is 0.157. The Morgan fingerprint density at radius 1 is 1.25 bits per heavy atom. The fourth-order valence-electron chi connectivity index (χ4n) is 3.17. The molecule has 0 aliphatic carbocycles. The van der Waals surface area contributed by atoms with Gasteiger partial charge in [0.1, 0.15) is 0 Å². The first-order chi connectivity index (χ1) is 13.1. The number of nitrogens with zero attached hydrogens (tertiary/aromatic N) is 2. The average molecular weight is 421 g/mol. The molecular weight excluding hydrogens is 393 g/mol. The Labute approximate surface area is 164 Å². The topological polar surface area (TPSA) is 73.8 Å². The third-order valence-electron chi connectivity index (χ3n) is 4.61. The lowest BCUT2D eigenvalue weighted by atomic mass is 10.1. The van der Waals surface area contributed by atoms with Gasteiger partial charge < -0.3 is 10.6 Å². The van der Waals surface area contributed by atoms with Gasteiger partial charge in [-0.15, -0.1) is 0 Å². The molecule has 1 saturated heterocycles. The zero-order valence-corrected chi connectivity index (χ0v) is 16.9. The third-order valence-corrected chi connectivity index (χ3v) is 5.74. The summed E-state index contributed by atoms with van der Waals surface area (Å²) in [4.78, 5) is 5.85. The highest BCUT2D eigenvalue weighted by molar-refractivity contribution is 7.90. The molecule has 1 fully saturated rings. The minimum atomic E-state index is -4.15. The number of benzene rings is 1. The zero-order valence-electron chi connectivity index (χ0n) is 16.1. The third kappa shape index (κ3) is 7.67. The molecule has 0 aromatic heterocycles. The van der Waals surface area contributed by atoms with Gasteiger partial charge in [0.25, 0.3) is 0 Å². The van der Waals surface area contributed by atoms with E-state index in [9.17, 15) is 21.6 Å². The van der Waals surface area contributed by atoms with Crippen molar-refractivity contribution in [2.75, 3.05) is 46.0 Å². The van der Waals surface area contributed by atoms with Crippen molar-refractivity contribution in [1.29, 1.82) is 0 Å². The van der Waals surface area contributed by atoms with Crippen molar-refractivity contribution < 1.29 is 21.6 Å². The van der Waals surface area contributed by atoms with E-state index in [1.165, 1.54) is 11.2 Å². The molecule has 28 heavy (non-hydrogen) atoms. The van der Waals surface area contributed by atoms with Crippen molar-refractivity contribution in [3.63, 3.8) is 0 Å². The van der Waals surface area contributed by atoms with E-state index in [4.69, 9.17) is 0 Å². The van der Waals surface area contributed by atoms with Crippen molar-refractivity contribution in [2.24, 2.45) is 10.9 Å². The van der Waals surface area contributed by atoms with Gasteiger partial charge in [0, 0.05) is 32.9 Å². The van der Waals surface area contributed by atoms with Gasteiger partial charge in [-0.2, -0.15) is 13.2 Å². The first-order valence-corrected chi connectivity index (χ1v) is 11.0. The maximum Gasteiger partial charge on any atom is 0.401 e. The van der Waals surface area contributed by atoms with Gasteiger partial charge in [0.15, 0.2) is 15.8 Å². The molecule has 1 unspecified atom stereocenters. The first-order valence-electron chi connectivity index (χ1n) is 9.09. The Balaban J connectivity index is 1.71. The number of halogens is 3. The van der Waals surface area contributed by atoms with Crippen LogP contribution >= 0.6 is 0 Å². The summed E-state index contributed by atoms with van der Waals surface area (Å²) in [6.07, 6.45) is -1.56. The second-order valence-corrected chi connectivity index (χ2v) is 9.07. The molecule has 1 aliphatic heterocycles. The summed E-state index contributed by atoms with van der Waals surface area (Å²) < 4.78 is 60.3. The van der Waals surface area contributed by atoms with Crippen LogP contribution in [0.25, 0.3) is 0 Å². The number of likely N-dealkylation sites (tertiary alicyclic amines) is 1. The Morgan fingerprint density at radius 3 is 2.50 bits per heavy atom. The first kappa shape index (κ1) is 22.5. The molecule has 1 atom stereocenters. The van der Waals surface area contributed by atoms with Crippen LogP contribution in [0.15, 0.2) is 34.2 Å². The minimum Gasteiger partial charge on any atom is -0.356 e. The van der Waals surface area contributed by atoms with Gasteiger partial charge in [-0.05, 0) is 43.0 Å². The van der Waals surface area contributed by atoms with Crippen molar-refractivity contribution in [3.05, 3.63) is 29.8 Å². The highest BCUT2D eigenvalue weighted by Crippen LogP contribution is 2.22. The lowest BCUT2D eigenvalue weighted by Gasteiger charge is -2.18. The van der Waals surface area contributed by atoms with Gasteiger partial charge in [0.2, 0.25) is 0 Å². The van der Waals surface area contributed by atoms with E-state index >= 15 is 0 Å². The number of hydrogen-bond acceptors (Lipinski definition) is 4. The molecule has 1 heterocycles. The number of nitrogens with one attached hydrogen (secondary N) is 2. The Kier molecular flexibility index (Phi) is 7.70. The number of aliphatic imine (C=N–C) groups is 1. The van der Waals surface area contributed by atoms with E-state index in [1.54, 1.807) is 31.3 Å². The van der Waals surface area contributed by atoms with Gasteiger partial charge in [0.05, 0.1) is 11.4 Å². The van der Waals surface area contributed by atoms with Crippen LogP contribution in [0.1, 0.15) is 12.0 Å². The van der Waals surface area contributed by atoms with Gasteiger partial charge in [-0.3, -0.25) is 9.89 Å². The Hall–Kier alpha value is -1.81. The van der Waals surface area contributed by atoms with E-state index in [1.807, 2.05) is 0 Å². The SMILES string of the molecule is CN=C(NCCc1ccc(S(C)(=O)=O)cc1)NCC1CCN(CC(F)(F)F)C1. The lowest BCUT2D eigenvalue weighted by molar-refractivity contribution is -0.143. The molecule has 1 aliphatic rings. The molecule has 0 amide bonds. The number of guanidine groups is 1. The number of hydrogen-bond donors (Lipinski definition) is 2. The van der Waals surface area contributed by atoms with Crippen molar-refractivity contribution in [2.45, 2.75) is 23.9 Å². The van der Waals surface area contributed by atoms with E-state index in [2.05, 4.69) is 15.6 Å². The lowest BCUT2D eigenvalue weighted by Crippen LogP contribution is -2.41. The summed E-state index contributed by atoms with van der Waals surface area (Å²) >= 11 is 0. The summed E-state index contributed by atoms with van der Waals surface area (Å²) in [5.41, 5.74) is 0.994. The molecule has 6 nitrogen and oxygen atoms in total. The van der Waals surface area contributed by atoms with Crippen LogP contribution in [0.4, 0.5) is 13.2 Å². The van der Waals surface area contributed by atoms with Crippen LogP contribution in [0.2, 0.25) is 0 Å². The van der Waals surface area contributed by atoms with Crippen LogP contribution in [0.5, 0.6) is 0 Å². The zero-order chi connectivity index (χ0) is 20.8. The quantitative estimate of drug-likeness (QED) is 0.519. The van der Waals surface area contributed by atoms with E-state index in [0.29, 0.717) is 38.6 Å². The summed E-state index contributed by atoms with van der Waals surface area (Å²) in [6.45, 7) is 1.20. The highest BCUT2D eigenvalue weighted by atomic mass is 32.2. The summed E-state index contributed by atoms with van der Waals surface area (Å²) in [5.74, 6) is 0.756. The maximum atomic E-state index is 12.4. The maximum absolute atomic E-state index is 12.4. The predicted octanol–water partition coefficient (Wildman–Crippen LogP) is 1.68. The second kappa shape index (κ2) is 9.60. The Morgan fingerprint density at radius 2 is 1.93 bits per heavy atom. The van der Waals surface area contributed by atoms with Gasteiger partial charge >= 0.3 is 6.18 Å². The number of sulfone groups is 1. The standard InChI is InChI=1S/C18H27F3N4O2S/c1-22-17(24-11-15-8-10-25(12-15)13-18(19,20)21)23-9-7-14-3-5-16(6-4-14)28(2,26)27/h3-6,15H,7-13H2,1-2H3,(H2,22,23,24). The molecule has 1 aromatic carbocycles. The van der Waals surface area contributed by atoms with Crippen LogP contribution in [-0.4, -0.2) is 71.5 Å². The van der Waals surface area contributed by atoms with Crippen molar-refractivity contribution in [3.8, 4) is 0 Å². The van der Waals surface area contributed by atoms with Crippen molar-refractivity contribution >= 4 is 15.8 Å². The predicted molar refractivity (Wildman–Crippen MR) is 103 cm³/mol. The van der Waals surface area contributed by atoms with Crippen LogP contribution < -0.4 is 10.6 Å². The smallest absolute Gasteiger partial charge is 0.356 e. The molecule has 1 aromatic rings. The molecule has 10 heteroatoms. The highest BCUT2D eigenvalue weighted by Gasteiger charge is 2.34. The summed E-state index contributed by atoms with van der Waals surface area (Å²) in [6, 6.07) is 6.74. The van der Waals surface area contributed by atoms with Crippen molar-refractivity contribution in [1.82, 2.24) is 15.5 Å². The summed E-state index contributed by atoms with van der Waals surface area (Å²) in [5, 5.41) is 6.32. The molecule has 0 saturated carbocycles. The number of alkyl halides is 3. The fraction of sp³-hybridized carbons (Fsp3) is 0.611. The monoisotopic (exact) mass is 420 g/mol. The Bertz CT molecular complexity index is 764. The van der Waals surface area contributed by atoms with Crippen LogP contribution in [0, 0.1) is 5.92 Å². The molecule has 2 N–H and O–H groups in total. The molecule has 0 radical (unpaired) electrons. The van der Waals surface area contributed by atoms with Gasteiger partial charge in [-0.25, -0.2) is 8.42 Å². The summed E-state index contributed by atoms with van der Waals surface area (Å²) in [7, 11) is -1.56.